The van der Waals surface area contributed by atoms with Crippen molar-refractivity contribution in [3.05, 3.63) is 29.8 Å². The van der Waals surface area contributed by atoms with E-state index in [0.717, 1.165) is 11.3 Å². The molecule has 0 aromatic heterocycles. The number of hydrogen-bond acceptors (Lipinski definition) is 4. The normalized spacial score (nSPS) is 9.95. The highest BCUT2D eigenvalue weighted by Gasteiger charge is 2.13. The van der Waals surface area contributed by atoms with E-state index in [1.807, 2.05) is 25.3 Å². The third kappa shape index (κ3) is 5.94. The van der Waals surface area contributed by atoms with Gasteiger partial charge in [0.05, 0.1) is 0 Å². The summed E-state index contributed by atoms with van der Waals surface area (Å²) in [7, 11) is 0. The monoisotopic (exact) mass is 297 g/mol. The summed E-state index contributed by atoms with van der Waals surface area (Å²) < 4.78 is 0. The molecule has 1 aromatic rings. The average Bonchev–Trinajstić information content (AvgIpc) is 2.41. The molecule has 0 spiro atoms. The Morgan fingerprint density at radius 2 is 1.95 bits per heavy atom. The van der Waals surface area contributed by atoms with E-state index in [1.165, 1.54) is 0 Å². The summed E-state index contributed by atoms with van der Waals surface area (Å²) in [5.74, 6) is 0.285. The van der Waals surface area contributed by atoms with Crippen LogP contribution in [-0.2, 0) is 4.79 Å². The topological polar surface area (TPSA) is 81.7 Å². The molecule has 110 valence electrons. The van der Waals surface area contributed by atoms with Gasteiger partial charge >= 0.3 is 6.03 Å². The van der Waals surface area contributed by atoms with Gasteiger partial charge in [0.2, 0.25) is 0 Å². The summed E-state index contributed by atoms with van der Waals surface area (Å²) in [5, 5.41) is 12.2. The second-order valence-electron chi connectivity index (χ2n) is 4.23. The van der Waals surface area contributed by atoms with E-state index in [0.29, 0.717) is 12.1 Å². The second kappa shape index (κ2) is 8.44. The lowest BCUT2D eigenvalue weighted by Gasteiger charge is -2.16. The molecule has 3 amide bonds. The van der Waals surface area contributed by atoms with Gasteiger partial charge in [-0.05, 0) is 37.5 Å². The zero-order chi connectivity index (χ0) is 15.0. The van der Waals surface area contributed by atoms with E-state index >= 15 is 0 Å². The Morgan fingerprint density at radius 1 is 1.30 bits per heavy atom. The van der Waals surface area contributed by atoms with Crippen molar-refractivity contribution in [3.63, 3.8) is 0 Å². The molecule has 0 atom stereocenters. The van der Waals surface area contributed by atoms with Gasteiger partial charge in [-0.2, -0.15) is 11.8 Å². The van der Waals surface area contributed by atoms with Gasteiger partial charge < -0.3 is 5.32 Å². The Labute approximate surface area is 122 Å². The largest absolute Gasteiger partial charge is 0.340 e. The highest BCUT2D eigenvalue weighted by Crippen LogP contribution is 2.08. The SMILES string of the molecule is CSCCCC(=O)N(O)NC(=O)Nc1ccc(C)cc1. The number of hydrazine groups is 1. The first-order valence-electron chi connectivity index (χ1n) is 6.18. The fraction of sp³-hybridized carbons (Fsp3) is 0.385. The maximum atomic E-state index is 11.6. The Kier molecular flexibility index (Phi) is 6.89. The summed E-state index contributed by atoms with van der Waals surface area (Å²) in [6, 6.07) is 6.49. The van der Waals surface area contributed by atoms with E-state index in [2.05, 4.69) is 10.7 Å². The standard InChI is InChI=1S/C13H19N3O3S/c1-10-5-7-11(8-6-10)14-13(18)15-16(19)12(17)4-3-9-20-2/h5-8,19H,3-4,9H2,1-2H3,(H2,14,15,18). The number of rotatable bonds is 5. The van der Waals surface area contributed by atoms with E-state index < -0.39 is 11.9 Å². The number of carbonyl (C=O) groups excluding carboxylic acids is 2. The molecule has 1 rings (SSSR count). The number of amides is 3. The number of urea groups is 1. The maximum Gasteiger partial charge on any atom is 0.340 e. The molecule has 7 heteroatoms. The molecule has 1 aromatic carbocycles. The van der Waals surface area contributed by atoms with Gasteiger partial charge in [-0.1, -0.05) is 17.7 Å². The van der Waals surface area contributed by atoms with Crippen molar-refractivity contribution in [2.24, 2.45) is 0 Å². The number of nitrogens with one attached hydrogen (secondary N) is 2. The number of hydroxylamine groups is 1. The van der Waals surface area contributed by atoms with Gasteiger partial charge in [-0.3, -0.25) is 10.0 Å². The summed E-state index contributed by atoms with van der Waals surface area (Å²) in [6.07, 6.45) is 2.77. The smallest absolute Gasteiger partial charge is 0.307 e. The van der Waals surface area contributed by atoms with Gasteiger partial charge in [-0.25, -0.2) is 10.2 Å². The molecule has 6 nitrogen and oxygen atoms in total. The molecule has 0 aliphatic carbocycles. The lowest BCUT2D eigenvalue weighted by atomic mass is 10.2. The molecule has 0 heterocycles. The van der Waals surface area contributed by atoms with Crippen molar-refractivity contribution in [2.75, 3.05) is 17.3 Å². The number of hydrogen-bond donors (Lipinski definition) is 3. The van der Waals surface area contributed by atoms with Crippen LogP contribution in [0.1, 0.15) is 18.4 Å². The molecule has 0 aliphatic rings. The highest BCUT2D eigenvalue weighted by molar-refractivity contribution is 7.98. The number of carbonyl (C=O) groups is 2. The molecule has 0 aliphatic heterocycles. The Bertz CT molecular complexity index is 451. The molecule has 0 fully saturated rings. The third-order valence-corrected chi connectivity index (χ3v) is 3.19. The summed E-state index contributed by atoms with van der Waals surface area (Å²) >= 11 is 1.62. The fourth-order valence-corrected chi connectivity index (χ4v) is 1.86. The summed E-state index contributed by atoms with van der Waals surface area (Å²) in [6.45, 7) is 1.94. The van der Waals surface area contributed by atoms with Crippen molar-refractivity contribution in [3.8, 4) is 0 Å². The van der Waals surface area contributed by atoms with Crippen LogP contribution in [0.25, 0.3) is 0 Å². The molecule has 3 N–H and O–H groups in total. The Hall–Kier alpha value is -1.73. The first kappa shape index (κ1) is 16.3. The Morgan fingerprint density at radius 3 is 2.55 bits per heavy atom. The molecule has 0 bridgehead atoms. The predicted octanol–water partition coefficient (Wildman–Crippen LogP) is 2.39. The van der Waals surface area contributed by atoms with Crippen LogP contribution in [0.2, 0.25) is 0 Å². The minimum absolute atomic E-state index is 0.183. The number of anilines is 1. The highest BCUT2D eigenvalue weighted by atomic mass is 32.2. The summed E-state index contributed by atoms with van der Waals surface area (Å²) in [5.41, 5.74) is 3.70. The van der Waals surface area contributed by atoms with Crippen molar-refractivity contribution < 1.29 is 14.8 Å². The molecule has 0 radical (unpaired) electrons. The number of nitrogens with zero attached hydrogens (tertiary/aromatic N) is 1. The van der Waals surface area contributed by atoms with Crippen molar-refractivity contribution in [1.82, 2.24) is 10.6 Å². The first-order valence-corrected chi connectivity index (χ1v) is 7.57. The maximum absolute atomic E-state index is 11.6. The van der Waals surface area contributed by atoms with Gasteiger partial charge in [0.1, 0.15) is 0 Å². The predicted molar refractivity (Wildman–Crippen MR) is 79.6 cm³/mol. The summed E-state index contributed by atoms with van der Waals surface area (Å²) in [4.78, 5) is 23.0. The van der Waals surface area contributed by atoms with Gasteiger partial charge in [0.25, 0.3) is 5.91 Å². The third-order valence-electron chi connectivity index (χ3n) is 2.49. The lowest BCUT2D eigenvalue weighted by Crippen LogP contribution is -2.45. The first-order chi connectivity index (χ1) is 9.52. The molecule has 0 saturated carbocycles. The van der Waals surface area contributed by atoms with Crippen molar-refractivity contribution in [2.45, 2.75) is 19.8 Å². The van der Waals surface area contributed by atoms with Crippen LogP contribution in [0.15, 0.2) is 24.3 Å². The van der Waals surface area contributed by atoms with Gasteiger partial charge in [-0.15, -0.1) is 5.17 Å². The van der Waals surface area contributed by atoms with Crippen LogP contribution >= 0.6 is 11.8 Å². The number of benzene rings is 1. The van der Waals surface area contributed by atoms with E-state index in [4.69, 9.17) is 0 Å². The fourth-order valence-electron chi connectivity index (χ4n) is 1.43. The van der Waals surface area contributed by atoms with Crippen molar-refractivity contribution in [1.29, 1.82) is 0 Å². The number of aryl methyl sites for hydroxylation is 1. The van der Waals surface area contributed by atoms with Crippen LogP contribution in [-0.4, -0.2) is 34.3 Å². The van der Waals surface area contributed by atoms with E-state index in [1.54, 1.807) is 23.9 Å². The van der Waals surface area contributed by atoms with Crippen LogP contribution < -0.4 is 10.7 Å². The number of thioether (sulfide) groups is 1. The van der Waals surface area contributed by atoms with Gasteiger partial charge in [0, 0.05) is 12.1 Å². The molecule has 0 unspecified atom stereocenters. The van der Waals surface area contributed by atoms with Crippen molar-refractivity contribution >= 4 is 29.4 Å². The average molecular weight is 297 g/mol. The minimum atomic E-state index is -0.672. The molecular formula is C13H19N3O3S. The van der Waals surface area contributed by atoms with Crippen LogP contribution in [0.5, 0.6) is 0 Å². The molecular weight excluding hydrogens is 278 g/mol. The zero-order valence-electron chi connectivity index (χ0n) is 11.5. The Balaban J connectivity index is 2.37. The van der Waals surface area contributed by atoms with Crippen LogP contribution in [0, 0.1) is 6.92 Å². The van der Waals surface area contributed by atoms with Gasteiger partial charge in [0.15, 0.2) is 0 Å². The zero-order valence-corrected chi connectivity index (χ0v) is 12.4. The lowest BCUT2D eigenvalue weighted by molar-refractivity contribution is -0.174. The quantitative estimate of drug-likeness (QED) is 0.443. The molecule has 0 saturated heterocycles. The van der Waals surface area contributed by atoms with Crippen LogP contribution in [0.3, 0.4) is 0 Å². The second-order valence-corrected chi connectivity index (χ2v) is 5.22. The minimum Gasteiger partial charge on any atom is -0.307 e. The van der Waals surface area contributed by atoms with E-state index in [-0.39, 0.29) is 11.6 Å². The molecule has 20 heavy (non-hydrogen) atoms. The van der Waals surface area contributed by atoms with E-state index in [9.17, 15) is 14.8 Å². The van der Waals surface area contributed by atoms with Crippen LogP contribution in [0.4, 0.5) is 10.5 Å².